The first-order valence-corrected chi connectivity index (χ1v) is 6.99. The lowest BCUT2D eigenvalue weighted by Crippen LogP contribution is -2.46. The van der Waals surface area contributed by atoms with E-state index in [0.29, 0.717) is 17.0 Å². The Morgan fingerprint density at radius 2 is 2.00 bits per heavy atom. The highest BCUT2D eigenvalue weighted by Gasteiger charge is 2.39. The minimum Gasteiger partial charge on any atom is -0.467 e. The largest absolute Gasteiger partial charge is 0.467 e. The van der Waals surface area contributed by atoms with Crippen LogP contribution in [-0.4, -0.2) is 13.1 Å². The molecule has 1 aromatic carbocycles. The zero-order valence-electron chi connectivity index (χ0n) is 11.4. The van der Waals surface area contributed by atoms with E-state index in [9.17, 15) is 4.79 Å². The van der Waals surface area contributed by atoms with Crippen LogP contribution < -0.4 is 5.32 Å². The molecule has 0 saturated heterocycles. The summed E-state index contributed by atoms with van der Waals surface area (Å²) in [4.78, 5) is 12.1. The maximum absolute atomic E-state index is 12.1. The van der Waals surface area contributed by atoms with Gasteiger partial charge in [0.1, 0.15) is 5.76 Å². The van der Waals surface area contributed by atoms with Crippen LogP contribution in [0, 0.1) is 0 Å². The smallest absolute Gasteiger partial charge is 0.333 e. The van der Waals surface area contributed by atoms with Crippen LogP contribution in [0.4, 0.5) is 0 Å². The molecular formula is C15H16BrNO3. The number of rotatable bonds is 5. The molecule has 0 radical (unpaired) electrons. The van der Waals surface area contributed by atoms with Gasteiger partial charge >= 0.3 is 5.97 Å². The molecule has 1 N–H and O–H groups in total. The summed E-state index contributed by atoms with van der Waals surface area (Å²) in [6.07, 6.45) is 0. The van der Waals surface area contributed by atoms with E-state index in [2.05, 4.69) is 21.2 Å². The van der Waals surface area contributed by atoms with Crippen LogP contribution in [0.5, 0.6) is 0 Å². The summed E-state index contributed by atoms with van der Waals surface area (Å²) in [7, 11) is 1.36. The molecule has 0 aliphatic carbocycles. The van der Waals surface area contributed by atoms with Crippen molar-refractivity contribution in [1.29, 1.82) is 0 Å². The highest BCUT2D eigenvalue weighted by Crippen LogP contribution is 2.27. The summed E-state index contributed by atoms with van der Waals surface area (Å²) < 4.78 is 11.0. The number of furan rings is 1. The SMILES string of the molecule is COC(=O)C(C)(NCc1ccccc1)c1ccc(Br)o1. The fourth-order valence-electron chi connectivity index (χ4n) is 1.92. The topological polar surface area (TPSA) is 51.5 Å². The number of esters is 1. The number of carbonyl (C=O) groups excluding carboxylic acids is 1. The number of hydrogen-bond donors (Lipinski definition) is 1. The van der Waals surface area contributed by atoms with Crippen molar-refractivity contribution in [2.24, 2.45) is 0 Å². The van der Waals surface area contributed by atoms with Gasteiger partial charge in [-0.2, -0.15) is 0 Å². The second kappa shape index (κ2) is 6.24. The fourth-order valence-corrected chi connectivity index (χ4v) is 2.23. The van der Waals surface area contributed by atoms with Crippen LogP contribution in [0.15, 0.2) is 51.6 Å². The molecule has 0 aliphatic heterocycles. The molecule has 5 heteroatoms. The van der Waals surface area contributed by atoms with Gasteiger partial charge in [-0.25, -0.2) is 4.79 Å². The molecule has 106 valence electrons. The third kappa shape index (κ3) is 3.11. The number of methoxy groups -OCH3 is 1. The average molecular weight is 338 g/mol. The van der Waals surface area contributed by atoms with Crippen molar-refractivity contribution in [2.75, 3.05) is 7.11 Å². The van der Waals surface area contributed by atoms with Crippen molar-refractivity contribution in [3.05, 3.63) is 58.5 Å². The summed E-state index contributed by atoms with van der Waals surface area (Å²) in [5, 5.41) is 3.20. The summed E-state index contributed by atoms with van der Waals surface area (Å²) in [5.74, 6) is 0.113. The molecule has 4 nitrogen and oxygen atoms in total. The minimum atomic E-state index is -1.03. The number of benzene rings is 1. The molecule has 1 unspecified atom stereocenters. The third-order valence-electron chi connectivity index (χ3n) is 3.15. The molecule has 2 aromatic rings. The Kier molecular flexibility index (Phi) is 4.62. The van der Waals surface area contributed by atoms with Gasteiger partial charge in [0, 0.05) is 6.54 Å². The molecule has 0 saturated carbocycles. The predicted octanol–water partition coefficient (Wildman–Crippen LogP) is 3.22. The Bertz CT molecular complexity index is 582. The average Bonchev–Trinajstić information content (AvgIpc) is 2.92. The number of ether oxygens (including phenoxy) is 1. The molecule has 0 fully saturated rings. The molecule has 2 rings (SSSR count). The van der Waals surface area contributed by atoms with Crippen molar-refractivity contribution in [1.82, 2.24) is 5.32 Å². The summed E-state index contributed by atoms with van der Waals surface area (Å²) in [5.41, 5.74) is 0.0459. The van der Waals surface area contributed by atoms with E-state index in [1.165, 1.54) is 7.11 Å². The van der Waals surface area contributed by atoms with Crippen molar-refractivity contribution < 1.29 is 13.9 Å². The predicted molar refractivity (Wildman–Crippen MR) is 79.1 cm³/mol. The van der Waals surface area contributed by atoms with Gasteiger partial charge in [-0.3, -0.25) is 5.32 Å². The first-order chi connectivity index (χ1) is 9.56. The second-order valence-electron chi connectivity index (χ2n) is 4.56. The second-order valence-corrected chi connectivity index (χ2v) is 5.34. The van der Waals surface area contributed by atoms with E-state index in [1.807, 2.05) is 30.3 Å². The monoisotopic (exact) mass is 337 g/mol. The van der Waals surface area contributed by atoms with Crippen molar-refractivity contribution in [3.63, 3.8) is 0 Å². The van der Waals surface area contributed by atoms with E-state index in [-0.39, 0.29) is 0 Å². The van der Waals surface area contributed by atoms with Gasteiger partial charge in [-0.15, -0.1) is 0 Å². The van der Waals surface area contributed by atoms with Crippen molar-refractivity contribution in [3.8, 4) is 0 Å². The van der Waals surface area contributed by atoms with Crippen LogP contribution in [0.2, 0.25) is 0 Å². The van der Waals surface area contributed by atoms with Gasteiger partial charge in [0.05, 0.1) is 7.11 Å². The normalized spacial score (nSPS) is 13.8. The van der Waals surface area contributed by atoms with Crippen LogP contribution in [-0.2, 0) is 21.6 Å². The molecule has 1 aromatic heterocycles. The van der Waals surface area contributed by atoms with E-state index >= 15 is 0 Å². The lowest BCUT2D eigenvalue weighted by molar-refractivity contribution is -0.149. The standard InChI is InChI=1S/C15H16BrNO3/c1-15(14(18)19-2,12-8-9-13(16)20-12)17-10-11-6-4-3-5-7-11/h3-9,17H,10H2,1-2H3. The van der Waals surface area contributed by atoms with Crippen LogP contribution in [0.25, 0.3) is 0 Å². The summed E-state index contributed by atoms with van der Waals surface area (Å²) in [6.45, 7) is 2.28. The zero-order valence-corrected chi connectivity index (χ0v) is 12.9. The van der Waals surface area contributed by atoms with Crippen LogP contribution in [0.1, 0.15) is 18.2 Å². The summed E-state index contributed by atoms with van der Waals surface area (Å²) in [6, 6.07) is 13.3. The highest BCUT2D eigenvalue weighted by atomic mass is 79.9. The first kappa shape index (κ1) is 14.8. The Balaban J connectivity index is 2.22. The summed E-state index contributed by atoms with van der Waals surface area (Å²) >= 11 is 3.25. The maximum Gasteiger partial charge on any atom is 0.333 e. The Morgan fingerprint density at radius 3 is 2.55 bits per heavy atom. The molecule has 0 aliphatic rings. The molecule has 20 heavy (non-hydrogen) atoms. The molecule has 0 amide bonds. The van der Waals surface area contributed by atoms with Gasteiger partial charge in [-0.1, -0.05) is 30.3 Å². The molecular weight excluding hydrogens is 322 g/mol. The van der Waals surface area contributed by atoms with Crippen LogP contribution in [0.3, 0.4) is 0 Å². The van der Waals surface area contributed by atoms with E-state index < -0.39 is 11.5 Å². The van der Waals surface area contributed by atoms with Gasteiger partial charge in [0.2, 0.25) is 0 Å². The maximum atomic E-state index is 12.1. The minimum absolute atomic E-state index is 0.393. The molecule has 0 bridgehead atoms. The lowest BCUT2D eigenvalue weighted by atomic mass is 9.98. The van der Waals surface area contributed by atoms with E-state index in [0.717, 1.165) is 5.56 Å². The highest BCUT2D eigenvalue weighted by molar-refractivity contribution is 9.10. The lowest BCUT2D eigenvalue weighted by Gasteiger charge is -2.26. The quantitative estimate of drug-likeness (QED) is 0.851. The van der Waals surface area contributed by atoms with Gasteiger partial charge in [0.25, 0.3) is 0 Å². The van der Waals surface area contributed by atoms with Crippen molar-refractivity contribution >= 4 is 21.9 Å². The fraction of sp³-hybridized carbons (Fsp3) is 0.267. The molecule has 0 spiro atoms. The van der Waals surface area contributed by atoms with Crippen LogP contribution >= 0.6 is 15.9 Å². The van der Waals surface area contributed by atoms with Crippen molar-refractivity contribution in [2.45, 2.75) is 19.0 Å². The molecule has 1 heterocycles. The number of carbonyl (C=O) groups is 1. The Morgan fingerprint density at radius 1 is 1.30 bits per heavy atom. The number of halogens is 1. The van der Waals surface area contributed by atoms with Gasteiger partial charge < -0.3 is 9.15 Å². The number of hydrogen-bond acceptors (Lipinski definition) is 4. The zero-order chi connectivity index (χ0) is 14.6. The van der Waals surface area contributed by atoms with Gasteiger partial charge in [-0.05, 0) is 40.5 Å². The Hall–Kier alpha value is -1.59. The molecule has 1 atom stereocenters. The Labute approximate surface area is 126 Å². The van der Waals surface area contributed by atoms with E-state index in [1.54, 1.807) is 19.1 Å². The first-order valence-electron chi connectivity index (χ1n) is 6.19. The third-order valence-corrected chi connectivity index (χ3v) is 3.57. The van der Waals surface area contributed by atoms with Gasteiger partial charge in [0.15, 0.2) is 10.2 Å². The number of nitrogens with one attached hydrogen (secondary N) is 1. The van der Waals surface area contributed by atoms with E-state index in [4.69, 9.17) is 9.15 Å².